The largest absolute Gasteiger partial charge is 0.310 e. The highest BCUT2D eigenvalue weighted by Gasteiger charge is 2.51. The summed E-state index contributed by atoms with van der Waals surface area (Å²) < 4.78 is 0. The van der Waals surface area contributed by atoms with Gasteiger partial charge in [-0.25, -0.2) is 0 Å². The summed E-state index contributed by atoms with van der Waals surface area (Å²) >= 11 is 0. The van der Waals surface area contributed by atoms with Crippen molar-refractivity contribution in [2.75, 3.05) is 4.90 Å². The van der Waals surface area contributed by atoms with E-state index in [2.05, 4.69) is 229 Å². The molecule has 0 aliphatic heterocycles. The third-order valence-corrected chi connectivity index (χ3v) is 11.9. The van der Waals surface area contributed by atoms with Gasteiger partial charge in [-0.2, -0.15) is 0 Å². The van der Waals surface area contributed by atoms with Crippen molar-refractivity contribution in [3.63, 3.8) is 0 Å². The highest BCUT2D eigenvalue weighted by Crippen LogP contribution is 2.63. The Balaban J connectivity index is 1.18. The van der Waals surface area contributed by atoms with E-state index >= 15 is 0 Å². The molecule has 0 N–H and O–H groups in total. The fraction of sp³-hybridized carbons (Fsp3) is 0.0182. The summed E-state index contributed by atoms with van der Waals surface area (Å²) in [4.78, 5) is 2.45. The Kier molecular flexibility index (Phi) is 7.47. The number of hydrogen-bond acceptors (Lipinski definition) is 1. The van der Waals surface area contributed by atoms with Crippen LogP contribution in [0, 0.1) is 0 Å². The van der Waals surface area contributed by atoms with E-state index in [1.54, 1.807) is 0 Å². The summed E-state index contributed by atoms with van der Waals surface area (Å²) in [5.74, 6) is 0. The van der Waals surface area contributed by atoms with Gasteiger partial charge in [-0.3, -0.25) is 0 Å². The molecular weight excluding hydrogens is 675 g/mol. The van der Waals surface area contributed by atoms with Crippen molar-refractivity contribution in [3.8, 4) is 55.6 Å². The second kappa shape index (κ2) is 13.0. The van der Waals surface area contributed by atoms with Crippen molar-refractivity contribution in [2.24, 2.45) is 0 Å². The Morgan fingerprint density at radius 2 is 0.696 bits per heavy atom. The Morgan fingerprint density at radius 1 is 0.250 bits per heavy atom. The van der Waals surface area contributed by atoms with Gasteiger partial charge in [-0.1, -0.05) is 188 Å². The minimum Gasteiger partial charge on any atom is -0.310 e. The van der Waals surface area contributed by atoms with Gasteiger partial charge < -0.3 is 4.90 Å². The number of rotatable bonds is 6. The van der Waals surface area contributed by atoms with E-state index < -0.39 is 5.41 Å². The van der Waals surface area contributed by atoms with Crippen LogP contribution < -0.4 is 4.90 Å². The second-order valence-electron chi connectivity index (χ2n) is 14.8. The number of para-hydroxylation sites is 1. The lowest BCUT2D eigenvalue weighted by molar-refractivity contribution is 0.794. The molecule has 0 heterocycles. The number of benzene rings is 9. The van der Waals surface area contributed by atoms with E-state index in [9.17, 15) is 0 Å². The van der Waals surface area contributed by atoms with Gasteiger partial charge in [0.2, 0.25) is 0 Å². The summed E-state index contributed by atoms with van der Waals surface area (Å²) in [6, 6.07) is 82.5. The number of nitrogens with zero attached hydrogens (tertiary/aromatic N) is 1. The molecule has 0 radical (unpaired) electrons. The van der Waals surface area contributed by atoms with Crippen LogP contribution in [-0.4, -0.2) is 0 Å². The van der Waals surface area contributed by atoms with Crippen LogP contribution in [0.3, 0.4) is 0 Å². The molecule has 11 rings (SSSR count). The standard InChI is InChI=1S/C55H37N/c1-4-16-38(17-5-1)40-28-31-43(32-29-40)56(54-27-15-12-22-45(54)41-20-8-3-9-21-41)44-33-34-48-49-36-42(39-18-6-2-7-19-39)30-35-52(49)55(53(48)37-44)50-25-13-10-23-46(50)47-24-11-14-26-51(47)55/h1-37H. The molecule has 0 amide bonds. The predicted octanol–water partition coefficient (Wildman–Crippen LogP) is 14.5. The van der Waals surface area contributed by atoms with E-state index in [4.69, 9.17) is 0 Å². The molecule has 2 aliphatic carbocycles. The topological polar surface area (TPSA) is 3.24 Å². The van der Waals surface area contributed by atoms with E-state index in [-0.39, 0.29) is 0 Å². The zero-order valence-electron chi connectivity index (χ0n) is 30.8. The third kappa shape index (κ3) is 4.88. The maximum atomic E-state index is 2.49. The fourth-order valence-electron chi connectivity index (χ4n) is 9.47. The number of anilines is 3. The molecule has 1 nitrogen and oxygen atoms in total. The highest BCUT2D eigenvalue weighted by atomic mass is 15.1. The molecule has 0 aromatic heterocycles. The molecule has 0 saturated heterocycles. The van der Waals surface area contributed by atoms with Crippen molar-refractivity contribution in [1.29, 1.82) is 0 Å². The van der Waals surface area contributed by atoms with Crippen molar-refractivity contribution in [1.82, 2.24) is 0 Å². The molecule has 1 spiro atoms. The van der Waals surface area contributed by atoms with Gasteiger partial charge in [0.1, 0.15) is 0 Å². The Morgan fingerprint density at radius 3 is 1.34 bits per heavy atom. The smallest absolute Gasteiger partial charge is 0.0726 e. The maximum absolute atomic E-state index is 2.49. The summed E-state index contributed by atoms with van der Waals surface area (Å²) in [6.45, 7) is 0. The van der Waals surface area contributed by atoms with Crippen LogP contribution in [0.15, 0.2) is 224 Å². The Labute approximate surface area is 328 Å². The van der Waals surface area contributed by atoms with E-state index in [1.807, 2.05) is 0 Å². The monoisotopic (exact) mass is 711 g/mol. The van der Waals surface area contributed by atoms with Gasteiger partial charge in [-0.15, -0.1) is 0 Å². The Bertz CT molecular complexity index is 2850. The van der Waals surface area contributed by atoms with Gasteiger partial charge in [0, 0.05) is 16.9 Å². The van der Waals surface area contributed by atoms with Crippen LogP contribution in [0.25, 0.3) is 55.6 Å². The quantitative estimate of drug-likeness (QED) is 0.166. The average Bonchev–Trinajstić information content (AvgIpc) is 3.74. The van der Waals surface area contributed by atoms with Crippen molar-refractivity contribution in [2.45, 2.75) is 5.41 Å². The van der Waals surface area contributed by atoms with Crippen LogP contribution in [-0.2, 0) is 5.41 Å². The zero-order valence-corrected chi connectivity index (χ0v) is 30.8. The van der Waals surface area contributed by atoms with Crippen molar-refractivity contribution < 1.29 is 0 Å². The minimum atomic E-state index is -0.467. The first-order chi connectivity index (χ1) is 27.8. The highest BCUT2D eigenvalue weighted by molar-refractivity contribution is 5.98. The van der Waals surface area contributed by atoms with Crippen LogP contribution in [0.5, 0.6) is 0 Å². The van der Waals surface area contributed by atoms with Gasteiger partial charge in [0.25, 0.3) is 0 Å². The van der Waals surface area contributed by atoms with Crippen molar-refractivity contribution in [3.05, 3.63) is 247 Å². The second-order valence-corrected chi connectivity index (χ2v) is 14.8. The van der Waals surface area contributed by atoms with Gasteiger partial charge in [0.05, 0.1) is 11.1 Å². The van der Waals surface area contributed by atoms with Gasteiger partial charge in [0.15, 0.2) is 0 Å². The molecule has 0 bridgehead atoms. The normalized spacial score (nSPS) is 12.8. The molecule has 0 saturated carbocycles. The zero-order chi connectivity index (χ0) is 37.1. The molecule has 1 heteroatoms. The summed E-state index contributed by atoms with van der Waals surface area (Å²) in [7, 11) is 0. The van der Waals surface area contributed by atoms with E-state index in [1.165, 1.54) is 77.9 Å². The lowest BCUT2D eigenvalue weighted by atomic mass is 9.70. The first-order valence-corrected chi connectivity index (χ1v) is 19.4. The Hall–Kier alpha value is -7.22. The molecule has 2 aliphatic rings. The maximum Gasteiger partial charge on any atom is 0.0726 e. The molecule has 9 aromatic rings. The minimum absolute atomic E-state index is 0.467. The van der Waals surface area contributed by atoms with E-state index in [0.29, 0.717) is 0 Å². The average molecular weight is 712 g/mol. The lowest BCUT2D eigenvalue weighted by Crippen LogP contribution is -2.26. The molecule has 0 atom stereocenters. The fourth-order valence-corrected chi connectivity index (χ4v) is 9.47. The third-order valence-electron chi connectivity index (χ3n) is 11.9. The van der Waals surface area contributed by atoms with Crippen LogP contribution in [0.1, 0.15) is 22.3 Å². The number of hydrogen-bond donors (Lipinski definition) is 0. The van der Waals surface area contributed by atoms with Gasteiger partial charge >= 0.3 is 0 Å². The van der Waals surface area contributed by atoms with Crippen LogP contribution >= 0.6 is 0 Å². The van der Waals surface area contributed by atoms with Crippen molar-refractivity contribution >= 4 is 17.1 Å². The summed E-state index contributed by atoms with van der Waals surface area (Å²) in [5.41, 5.74) is 20.7. The SMILES string of the molecule is c1ccc(-c2ccc(N(c3ccc4c(c3)C3(c5ccccc5-c5ccccc53)c3ccc(-c5ccccc5)cc3-4)c3ccccc3-c3ccccc3)cc2)cc1. The molecule has 9 aromatic carbocycles. The first kappa shape index (κ1) is 32.2. The molecular formula is C55H37N. The molecule has 56 heavy (non-hydrogen) atoms. The summed E-state index contributed by atoms with van der Waals surface area (Å²) in [5, 5.41) is 0. The van der Waals surface area contributed by atoms with E-state index in [0.717, 1.165) is 17.1 Å². The van der Waals surface area contributed by atoms with Gasteiger partial charge in [-0.05, 0) is 109 Å². The van der Waals surface area contributed by atoms with Crippen LogP contribution in [0.2, 0.25) is 0 Å². The lowest BCUT2D eigenvalue weighted by Gasteiger charge is -2.33. The molecule has 0 fully saturated rings. The first-order valence-electron chi connectivity index (χ1n) is 19.4. The predicted molar refractivity (Wildman–Crippen MR) is 234 cm³/mol. The molecule has 0 unspecified atom stereocenters. The molecule has 262 valence electrons. The van der Waals surface area contributed by atoms with Crippen LogP contribution in [0.4, 0.5) is 17.1 Å². The number of fused-ring (bicyclic) bond motifs is 10. The summed E-state index contributed by atoms with van der Waals surface area (Å²) in [6.07, 6.45) is 0.